The van der Waals surface area contributed by atoms with Crippen molar-refractivity contribution >= 4 is 99.8 Å². The second-order valence-corrected chi connectivity index (χ2v) is 33.8. The first-order chi connectivity index (χ1) is 43.4. The van der Waals surface area contributed by atoms with E-state index in [-0.39, 0.29) is 45.1 Å². The molecule has 2 aliphatic heterocycles. The molecule has 2 aromatic heterocycles. The van der Waals surface area contributed by atoms with Crippen LogP contribution in [0.4, 0.5) is 34.1 Å². The van der Waals surface area contributed by atoms with Gasteiger partial charge >= 0.3 is 0 Å². The van der Waals surface area contributed by atoms with Crippen molar-refractivity contribution in [3.63, 3.8) is 0 Å². The summed E-state index contributed by atoms with van der Waals surface area (Å²) in [6.45, 7) is 41.9. The zero-order valence-corrected chi connectivity index (χ0v) is 58.4. The van der Waals surface area contributed by atoms with Crippen LogP contribution in [0, 0.1) is 0 Å². The van der Waals surface area contributed by atoms with E-state index in [1.807, 2.05) is 11.3 Å². The first-order valence-electron chi connectivity index (χ1n) is 33.5. The Labute approximate surface area is 552 Å². The number of benzene rings is 10. The average molecular weight is 1220 g/mol. The van der Waals surface area contributed by atoms with Crippen LogP contribution in [0.3, 0.4) is 0 Å². The molecule has 3 nitrogen and oxygen atoms in total. The first kappa shape index (κ1) is 61.1. The van der Waals surface area contributed by atoms with Crippen molar-refractivity contribution in [1.82, 2.24) is 4.57 Å². The van der Waals surface area contributed by atoms with E-state index >= 15 is 0 Å². The molecule has 0 bridgehead atoms. The summed E-state index contributed by atoms with van der Waals surface area (Å²) in [6, 6.07) is 83.5. The van der Waals surface area contributed by atoms with Crippen molar-refractivity contribution in [1.29, 1.82) is 0 Å². The highest BCUT2D eigenvalue weighted by atomic mass is 32.1. The van der Waals surface area contributed by atoms with Crippen LogP contribution in [0.2, 0.25) is 0 Å². The van der Waals surface area contributed by atoms with Gasteiger partial charge in [0.05, 0.1) is 27.1 Å². The Kier molecular flexibility index (Phi) is 14.4. The number of aromatic nitrogens is 1. The van der Waals surface area contributed by atoms with Crippen LogP contribution in [0.1, 0.15) is 181 Å². The highest BCUT2D eigenvalue weighted by molar-refractivity contribution is 7.26. The normalized spacial score (nSPS) is 13.6. The molecule has 5 heteroatoms. The summed E-state index contributed by atoms with van der Waals surface area (Å²) in [6.07, 6.45) is 0. The van der Waals surface area contributed by atoms with Gasteiger partial charge < -0.3 is 14.4 Å². The van der Waals surface area contributed by atoms with Gasteiger partial charge in [-0.05, 0) is 171 Å². The lowest BCUT2D eigenvalue weighted by Crippen LogP contribution is -2.60. The van der Waals surface area contributed by atoms with Gasteiger partial charge in [-0.3, -0.25) is 0 Å². The summed E-state index contributed by atoms with van der Waals surface area (Å²) in [5, 5.41) is 2.62. The van der Waals surface area contributed by atoms with Gasteiger partial charge in [-0.15, -0.1) is 11.3 Å². The molecule has 2 aliphatic rings. The minimum absolute atomic E-state index is 0.0118. The van der Waals surface area contributed by atoms with Crippen molar-refractivity contribution in [2.75, 3.05) is 9.80 Å². The molecule has 12 aromatic rings. The molecule has 0 saturated heterocycles. The number of hydrogen-bond acceptors (Lipinski definition) is 3. The van der Waals surface area contributed by atoms with E-state index in [2.05, 4.69) is 351 Å². The molecule has 0 N–H and O–H groups in total. The SMILES string of the molecule is CC(C)(C)c1ccc(C(c2ccc(C(C)(C)C)cc2)c2ccc3c(c2)N(c2ccc(C(C)(C)C)cc2-c2ccccc2)c2cc(N(c4ccc(C(C)(C)C)cc4)c4ccc(C(C)(C)C)cc4)cc4c2B3c2cc(C(C)(C)C)cc3c5sc6ccccc6c5n-4c23)cc1. The molecule has 4 heterocycles. The van der Waals surface area contributed by atoms with Gasteiger partial charge in [0.2, 0.25) is 0 Å². The predicted molar refractivity (Wildman–Crippen MR) is 402 cm³/mol. The quantitative estimate of drug-likeness (QED) is 0.111. The standard InChI is InChI=1S/C87H90BN3S/c1-82(2,3)58-33-28-55(29-34-58)77(56-30-35-59(36-31-56)83(4,5)6)57-32-46-70-73(48-57)90(72-47-41-62(86(13,14)15)49-68(72)54-24-20-19-21-25-54)74-52-66(89(64-42-37-60(38-43-64)84(7,8)9)65-44-39-61(40-45-65)85(10,11)12)53-75-78(74)88(70)71-51-63(87(16,17)18)50-69-79(71)91(75)80-67-26-22-23-27-76(67)92-81(69)80/h19-53,77H,1-18H3. The predicted octanol–water partition coefficient (Wildman–Crippen LogP) is 22.7. The smallest absolute Gasteiger partial charge is 0.252 e. The molecule has 10 aromatic carbocycles. The molecular formula is C87H90BN3S. The van der Waals surface area contributed by atoms with E-state index in [1.165, 1.54) is 126 Å². The molecule has 0 saturated carbocycles. The maximum absolute atomic E-state index is 2.71. The highest BCUT2D eigenvalue weighted by Gasteiger charge is 2.45. The topological polar surface area (TPSA) is 11.4 Å². The van der Waals surface area contributed by atoms with Crippen molar-refractivity contribution in [2.45, 2.75) is 163 Å². The Morgan fingerprint density at radius 2 is 0.826 bits per heavy atom. The van der Waals surface area contributed by atoms with E-state index in [9.17, 15) is 0 Å². The third kappa shape index (κ3) is 10.5. The summed E-state index contributed by atoms with van der Waals surface area (Å²) in [5.74, 6) is -0.0625. The van der Waals surface area contributed by atoms with Gasteiger partial charge in [-0.25, -0.2) is 0 Å². The number of anilines is 6. The third-order valence-corrected chi connectivity index (χ3v) is 21.3. The summed E-state index contributed by atoms with van der Waals surface area (Å²) in [7, 11) is 0. The van der Waals surface area contributed by atoms with Crippen LogP contribution in [0.15, 0.2) is 212 Å². The molecular weight excluding hydrogens is 1130 g/mol. The van der Waals surface area contributed by atoms with Crippen molar-refractivity contribution < 1.29 is 0 Å². The van der Waals surface area contributed by atoms with E-state index in [0.717, 1.165) is 22.7 Å². The Balaban J connectivity index is 1.15. The first-order valence-corrected chi connectivity index (χ1v) is 34.3. The van der Waals surface area contributed by atoms with Gasteiger partial charge in [0.25, 0.3) is 6.71 Å². The van der Waals surface area contributed by atoms with Crippen molar-refractivity contribution in [3.8, 4) is 16.8 Å². The van der Waals surface area contributed by atoms with Crippen molar-refractivity contribution in [3.05, 3.63) is 262 Å². The highest BCUT2D eigenvalue weighted by Crippen LogP contribution is 2.52. The number of rotatable bonds is 8. The molecule has 14 rings (SSSR count). The Morgan fingerprint density at radius 1 is 0.348 bits per heavy atom. The fraction of sp³-hybridized carbons (Fsp3) is 0.287. The Bertz CT molecular complexity index is 4710. The Morgan fingerprint density at radius 3 is 1.36 bits per heavy atom. The summed E-state index contributed by atoms with van der Waals surface area (Å²) >= 11 is 1.95. The molecule has 0 fully saturated rings. The third-order valence-electron chi connectivity index (χ3n) is 20.1. The fourth-order valence-electron chi connectivity index (χ4n) is 14.6. The van der Waals surface area contributed by atoms with E-state index in [4.69, 9.17) is 0 Å². The van der Waals surface area contributed by atoms with Crippen LogP contribution in [-0.4, -0.2) is 11.3 Å². The fourth-order valence-corrected chi connectivity index (χ4v) is 15.8. The van der Waals surface area contributed by atoms with Crippen LogP contribution in [-0.2, 0) is 32.5 Å². The maximum atomic E-state index is 2.71. The molecule has 92 heavy (non-hydrogen) atoms. The van der Waals surface area contributed by atoms with E-state index in [0.29, 0.717) is 0 Å². The van der Waals surface area contributed by atoms with Crippen LogP contribution in [0.25, 0.3) is 48.0 Å². The van der Waals surface area contributed by atoms with Crippen LogP contribution in [0.5, 0.6) is 0 Å². The number of nitrogens with zero attached hydrogens (tertiary/aromatic N) is 3. The van der Waals surface area contributed by atoms with Gasteiger partial charge in [0, 0.05) is 55.4 Å². The van der Waals surface area contributed by atoms with Crippen LogP contribution >= 0.6 is 11.3 Å². The summed E-state index contributed by atoms with van der Waals surface area (Å²) in [4.78, 5) is 5.25. The summed E-state index contributed by atoms with van der Waals surface area (Å²) < 4.78 is 5.36. The molecule has 0 radical (unpaired) electrons. The lowest BCUT2D eigenvalue weighted by Gasteiger charge is -2.43. The summed E-state index contributed by atoms with van der Waals surface area (Å²) in [5.41, 5.74) is 28.5. The van der Waals surface area contributed by atoms with Crippen LogP contribution < -0.4 is 26.2 Å². The zero-order valence-electron chi connectivity index (χ0n) is 57.6. The van der Waals surface area contributed by atoms with Gasteiger partial charge in [0.1, 0.15) is 0 Å². The lowest BCUT2D eigenvalue weighted by molar-refractivity contribution is 0.589. The minimum atomic E-state index is -0.126. The zero-order chi connectivity index (χ0) is 64.9. The number of thiophene rings is 1. The average Bonchev–Trinajstić information content (AvgIpc) is 1.55. The molecule has 0 atom stereocenters. The monoisotopic (exact) mass is 1220 g/mol. The van der Waals surface area contributed by atoms with Crippen molar-refractivity contribution in [2.24, 2.45) is 0 Å². The van der Waals surface area contributed by atoms with Gasteiger partial charge in [-0.1, -0.05) is 270 Å². The van der Waals surface area contributed by atoms with E-state index in [1.54, 1.807) is 0 Å². The molecule has 0 aliphatic carbocycles. The lowest BCUT2D eigenvalue weighted by atomic mass is 9.33. The van der Waals surface area contributed by atoms with Gasteiger partial charge in [-0.2, -0.15) is 0 Å². The second kappa shape index (κ2) is 21.6. The molecule has 0 unspecified atom stereocenters. The number of hydrogen-bond donors (Lipinski definition) is 0. The molecule has 462 valence electrons. The molecule has 0 spiro atoms. The molecule has 0 amide bonds. The van der Waals surface area contributed by atoms with Gasteiger partial charge in [0.15, 0.2) is 0 Å². The second-order valence-electron chi connectivity index (χ2n) is 32.8. The largest absolute Gasteiger partial charge is 0.311 e. The number of fused-ring (bicyclic) bond motifs is 9. The van der Waals surface area contributed by atoms with E-state index < -0.39 is 0 Å². The Hall–Kier alpha value is -8.38. The minimum Gasteiger partial charge on any atom is -0.311 e. The maximum Gasteiger partial charge on any atom is 0.252 e.